The lowest BCUT2D eigenvalue weighted by Gasteiger charge is -2.11. The van der Waals surface area contributed by atoms with Gasteiger partial charge >= 0.3 is 0 Å². The lowest BCUT2D eigenvalue weighted by molar-refractivity contribution is 0.101. The molecule has 3 aromatic heterocycles. The number of aryl methyl sites for hydroxylation is 2. The lowest BCUT2D eigenvalue weighted by Crippen LogP contribution is -2.26. The molecule has 0 aliphatic carbocycles. The van der Waals surface area contributed by atoms with Crippen LogP contribution in [0.15, 0.2) is 59.7 Å². The monoisotopic (exact) mass is 417 g/mol. The highest BCUT2D eigenvalue weighted by atomic mass is 16.5. The van der Waals surface area contributed by atoms with Gasteiger partial charge in [-0.3, -0.25) is 9.59 Å². The van der Waals surface area contributed by atoms with Crippen molar-refractivity contribution in [2.75, 3.05) is 12.4 Å². The van der Waals surface area contributed by atoms with Gasteiger partial charge in [0.1, 0.15) is 12.1 Å². The second-order valence-corrected chi connectivity index (χ2v) is 6.70. The van der Waals surface area contributed by atoms with E-state index in [0.29, 0.717) is 11.5 Å². The van der Waals surface area contributed by atoms with E-state index in [1.54, 1.807) is 35.0 Å². The van der Waals surface area contributed by atoms with Gasteiger partial charge in [0.05, 0.1) is 24.6 Å². The normalized spacial score (nSPS) is 10.7. The molecule has 1 aromatic carbocycles. The molecule has 156 valence electrons. The summed E-state index contributed by atoms with van der Waals surface area (Å²) in [5.74, 6) is 0.232. The van der Waals surface area contributed by atoms with Crippen molar-refractivity contribution in [1.82, 2.24) is 29.5 Å². The first-order valence-electron chi connectivity index (χ1n) is 9.37. The summed E-state index contributed by atoms with van der Waals surface area (Å²) in [4.78, 5) is 33.7. The van der Waals surface area contributed by atoms with E-state index in [-0.39, 0.29) is 17.3 Å². The first kappa shape index (κ1) is 20.0. The van der Waals surface area contributed by atoms with Crippen LogP contribution in [0, 0.1) is 13.8 Å². The van der Waals surface area contributed by atoms with Crippen LogP contribution >= 0.6 is 0 Å². The summed E-state index contributed by atoms with van der Waals surface area (Å²) in [6.07, 6.45) is 1.33. The van der Waals surface area contributed by atoms with Crippen LogP contribution in [0.4, 0.5) is 5.82 Å². The average Bonchev–Trinajstić information content (AvgIpc) is 3.12. The Hall–Kier alpha value is -4.34. The van der Waals surface area contributed by atoms with Crippen LogP contribution in [-0.2, 0) is 0 Å². The van der Waals surface area contributed by atoms with E-state index in [9.17, 15) is 9.59 Å². The molecule has 0 aliphatic heterocycles. The number of nitrogens with zero attached hydrogens (tertiary/aromatic N) is 6. The number of amides is 1. The predicted octanol–water partition coefficient (Wildman–Crippen LogP) is 2.09. The number of methoxy groups -OCH3 is 1. The zero-order valence-corrected chi connectivity index (χ0v) is 17.1. The highest BCUT2D eigenvalue weighted by Gasteiger charge is 2.19. The van der Waals surface area contributed by atoms with Crippen molar-refractivity contribution in [3.63, 3.8) is 0 Å². The molecule has 0 aliphatic rings. The van der Waals surface area contributed by atoms with Crippen LogP contribution in [0.3, 0.4) is 0 Å². The molecule has 4 aromatic rings. The molecule has 1 amide bonds. The number of para-hydroxylation sites is 1. The van der Waals surface area contributed by atoms with E-state index in [1.807, 2.05) is 26.0 Å². The minimum absolute atomic E-state index is 0.0579. The van der Waals surface area contributed by atoms with Gasteiger partial charge in [-0.2, -0.15) is 14.9 Å². The van der Waals surface area contributed by atoms with Gasteiger partial charge in [-0.15, -0.1) is 0 Å². The first-order valence-corrected chi connectivity index (χ1v) is 9.37. The fourth-order valence-corrected chi connectivity index (χ4v) is 3.07. The summed E-state index contributed by atoms with van der Waals surface area (Å²) in [6, 6.07) is 13.5. The van der Waals surface area contributed by atoms with Gasteiger partial charge in [-0.05, 0) is 32.0 Å². The van der Waals surface area contributed by atoms with E-state index >= 15 is 0 Å². The first-order chi connectivity index (χ1) is 15.0. The maximum absolute atomic E-state index is 13.0. The number of anilines is 1. The molecule has 10 heteroatoms. The maximum atomic E-state index is 13.0. The minimum Gasteiger partial charge on any atom is -0.494 e. The Bertz CT molecular complexity index is 1310. The molecule has 0 saturated heterocycles. The highest BCUT2D eigenvalue weighted by molar-refractivity contribution is 6.04. The molecule has 0 saturated carbocycles. The highest BCUT2D eigenvalue weighted by Crippen LogP contribution is 2.17. The predicted molar refractivity (Wildman–Crippen MR) is 113 cm³/mol. The molecule has 4 rings (SSSR count). The molecule has 0 atom stereocenters. The summed E-state index contributed by atoms with van der Waals surface area (Å²) in [7, 11) is 1.37. The quantitative estimate of drug-likeness (QED) is 0.528. The van der Waals surface area contributed by atoms with Crippen molar-refractivity contribution < 1.29 is 9.53 Å². The molecule has 0 spiro atoms. The summed E-state index contributed by atoms with van der Waals surface area (Å²) in [5.41, 5.74) is 1.79. The Kier molecular flexibility index (Phi) is 5.27. The summed E-state index contributed by atoms with van der Waals surface area (Å²) in [6.45, 7) is 3.79. The van der Waals surface area contributed by atoms with E-state index in [2.05, 4.69) is 25.5 Å². The van der Waals surface area contributed by atoms with Crippen molar-refractivity contribution in [2.24, 2.45) is 0 Å². The van der Waals surface area contributed by atoms with E-state index in [4.69, 9.17) is 4.74 Å². The molecule has 10 nitrogen and oxygen atoms in total. The fourth-order valence-electron chi connectivity index (χ4n) is 3.07. The van der Waals surface area contributed by atoms with E-state index in [0.717, 1.165) is 16.1 Å². The molecule has 31 heavy (non-hydrogen) atoms. The topological polar surface area (TPSA) is 117 Å². The fraction of sp³-hybridized carbons (Fsp3) is 0.143. The van der Waals surface area contributed by atoms with Gasteiger partial charge in [0.25, 0.3) is 11.5 Å². The third kappa shape index (κ3) is 4.04. The van der Waals surface area contributed by atoms with E-state index in [1.165, 1.54) is 19.5 Å². The maximum Gasteiger partial charge on any atom is 0.281 e. The molecule has 0 bridgehead atoms. The summed E-state index contributed by atoms with van der Waals surface area (Å²) < 4.78 is 8.00. The Morgan fingerprint density at radius 2 is 1.77 bits per heavy atom. The van der Waals surface area contributed by atoms with Crippen LogP contribution in [0.2, 0.25) is 0 Å². The number of hydrogen-bond donors (Lipinski definition) is 1. The number of nitrogens with one attached hydrogen (secondary N) is 1. The minimum atomic E-state index is -0.584. The number of carbonyl (C=O) groups is 1. The number of rotatable bonds is 5. The SMILES string of the molecule is COc1cc(=O)n(-c2ccccc2)nc1C(=O)Nc1cc(-n2nc(C)cc2C)ncn1. The zero-order chi connectivity index (χ0) is 22.0. The van der Waals surface area contributed by atoms with Crippen LogP contribution in [0.1, 0.15) is 21.9 Å². The molecule has 3 heterocycles. The number of aromatic nitrogens is 6. The van der Waals surface area contributed by atoms with Crippen LogP contribution in [0.25, 0.3) is 11.5 Å². The van der Waals surface area contributed by atoms with E-state index < -0.39 is 11.5 Å². The molecular weight excluding hydrogens is 398 g/mol. The Morgan fingerprint density at radius 1 is 1.00 bits per heavy atom. The van der Waals surface area contributed by atoms with Gasteiger partial charge in [-0.25, -0.2) is 14.6 Å². The van der Waals surface area contributed by atoms with Gasteiger partial charge in [-0.1, -0.05) is 18.2 Å². The number of ether oxygens (including phenoxy) is 1. The van der Waals surface area contributed by atoms with Gasteiger partial charge in [0, 0.05) is 11.8 Å². The molecule has 0 fully saturated rings. The summed E-state index contributed by atoms with van der Waals surface area (Å²) >= 11 is 0. The summed E-state index contributed by atoms with van der Waals surface area (Å²) in [5, 5.41) is 11.3. The zero-order valence-electron chi connectivity index (χ0n) is 17.1. The Balaban J connectivity index is 1.68. The standard InChI is InChI=1S/C21H19N7O3/c1-13-9-14(2)27(25-13)18-11-17(22-12-23-18)24-21(30)20-16(31-3)10-19(29)28(26-20)15-7-5-4-6-8-15/h4-12H,1-3H3,(H,22,23,24,30). The smallest absolute Gasteiger partial charge is 0.281 e. The van der Waals surface area contributed by atoms with Crippen molar-refractivity contribution in [2.45, 2.75) is 13.8 Å². The number of hydrogen-bond acceptors (Lipinski definition) is 7. The molecular formula is C21H19N7O3. The van der Waals surface area contributed by atoms with Crippen molar-refractivity contribution in [3.8, 4) is 17.3 Å². The Morgan fingerprint density at radius 3 is 2.45 bits per heavy atom. The molecule has 0 radical (unpaired) electrons. The third-order valence-electron chi connectivity index (χ3n) is 4.45. The largest absolute Gasteiger partial charge is 0.494 e. The van der Waals surface area contributed by atoms with Crippen LogP contribution in [0.5, 0.6) is 5.75 Å². The second-order valence-electron chi connectivity index (χ2n) is 6.70. The van der Waals surface area contributed by atoms with Crippen LogP contribution in [-0.4, -0.2) is 42.5 Å². The van der Waals surface area contributed by atoms with Crippen molar-refractivity contribution in [3.05, 3.63) is 82.3 Å². The van der Waals surface area contributed by atoms with Gasteiger partial charge in [0.15, 0.2) is 17.3 Å². The molecule has 0 unspecified atom stereocenters. The second kappa shape index (κ2) is 8.19. The molecule has 1 N–H and O–H groups in total. The van der Waals surface area contributed by atoms with Crippen molar-refractivity contribution >= 4 is 11.7 Å². The Labute approximate surface area is 177 Å². The third-order valence-corrected chi connectivity index (χ3v) is 4.45. The van der Waals surface area contributed by atoms with Crippen LogP contribution < -0.4 is 15.6 Å². The van der Waals surface area contributed by atoms with Crippen molar-refractivity contribution in [1.29, 1.82) is 0 Å². The number of carbonyl (C=O) groups excluding carboxylic acids is 1. The van der Waals surface area contributed by atoms with Gasteiger partial charge < -0.3 is 10.1 Å². The van der Waals surface area contributed by atoms with Gasteiger partial charge in [0.2, 0.25) is 0 Å². The number of benzene rings is 1. The lowest BCUT2D eigenvalue weighted by atomic mass is 10.3. The average molecular weight is 417 g/mol.